The smallest absolute Gasteiger partial charge is 0.254 e. The summed E-state index contributed by atoms with van der Waals surface area (Å²) in [5.74, 6) is -0.456. The lowest BCUT2D eigenvalue weighted by Crippen LogP contribution is -2.22. The third kappa shape index (κ3) is 5.66. The summed E-state index contributed by atoms with van der Waals surface area (Å²) in [6.45, 7) is 2.22. The first-order chi connectivity index (χ1) is 8.24. The molecule has 96 valence electrons. The van der Waals surface area contributed by atoms with E-state index in [9.17, 15) is 9.59 Å². The van der Waals surface area contributed by atoms with E-state index in [1.165, 1.54) is 44.6 Å². The fourth-order valence-corrected chi connectivity index (χ4v) is 2.09. The van der Waals surface area contributed by atoms with Crippen molar-refractivity contribution in [3.05, 3.63) is 11.6 Å². The lowest BCUT2D eigenvalue weighted by Gasteiger charge is -2.01. The van der Waals surface area contributed by atoms with Crippen LogP contribution in [0, 0.1) is 0 Å². The van der Waals surface area contributed by atoms with Crippen LogP contribution in [0.5, 0.6) is 0 Å². The van der Waals surface area contributed by atoms with Gasteiger partial charge in [-0.3, -0.25) is 14.9 Å². The van der Waals surface area contributed by atoms with Crippen LogP contribution in [0.4, 0.5) is 0 Å². The number of unbranched alkanes of at least 4 members (excludes halogenated alkanes) is 7. The average Bonchev–Trinajstić information content (AvgIpc) is 2.61. The van der Waals surface area contributed by atoms with Crippen molar-refractivity contribution >= 4 is 11.8 Å². The summed E-state index contributed by atoms with van der Waals surface area (Å²) in [6, 6.07) is 0. The van der Waals surface area contributed by atoms with Crippen LogP contribution in [0.15, 0.2) is 11.6 Å². The average molecular weight is 237 g/mol. The molecule has 0 aromatic rings. The van der Waals surface area contributed by atoms with Crippen molar-refractivity contribution in [3.8, 4) is 0 Å². The summed E-state index contributed by atoms with van der Waals surface area (Å²) in [6.07, 6.45) is 12.2. The zero-order valence-corrected chi connectivity index (χ0v) is 10.8. The zero-order chi connectivity index (χ0) is 12.5. The van der Waals surface area contributed by atoms with Gasteiger partial charge in [0.15, 0.2) is 0 Å². The molecule has 1 aliphatic heterocycles. The van der Waals surface area contributed by atoms with Gasteiger partial charge in [-0.25, -0.2) is 0 Å². The Balaban J connectivity index is 1.96. The first-order valence-corrected chi connectivity index (χ1v) is 6.80. The van der Waals surface area contributed by atoms with E-state index in [0.29, 0.717) is 5.57 Å². The second kappa shape index (κ2) is 8.04. The Bertz CT molecular complexity index is 295. The van der Waals surface area contributed by atoms with E-state index in [4.69, 9.17) is 0 Å². The maximum absolute atomic E-state index is 11.2. The number of carbonyl (C=O) groups is 2. The van der Waals surface area contributed by atoms with E-state index in [1.54, 1.807) is 0 Å². The second-order valence-corrected chi connectivity index (χ2v) is 4.71. The fraction of sp³-hybridized carbons (Fsp3) is 0.714. The minimum absolute atomic E-state index is 0.196. The van der Waals surface area contributed by atoms with Gasteiger partial charge in [0, 0.05) is 11.6 Å². The van der Waals surface area contributed by atoms with Crippen molar-refractivity contribution in [2.75, 3.05) is 0 Å². The zero-order valence-electron chi connectivity index (χ0n) is 10.8. The molecule has 0 radical (unpaired) electrons. The minimum atomic E-state index is -0.260. The third-order valence-corrected chi connectivity index (χ3v) is 3.13. The van der Waals surface area contributed by atoms with Crippen LogP contribution >= 0.6 is 0 Å². The van der Waals surface area contributed by atoms with Crippen LogP contribution in [0.3, 0.4) is 0 Å². The van der Waals surface area contributed by atoms with Crippen LogP contribution < -0.4 is 5.32 Å². The van der Waals surface area contributed by atoms with Gasteiger partial charge >= 0.3 is 0 Å². The third-order valence-electron chi connectivity index (χ3n) is 3.13. The normalized spacial score (nSPS) is 15.0. The minimum Gasteiger partial charge on any atom is -0.289 e. The largest absolute Gasteiger partial charge is 0.289 e. The van der Waals surface area contributed by atoms with Crippen LogP contribution in [0.25, 0.3) is 0 Å². The second-order valence-electron chi connectivity index (χ2n) is 4.71. The number of nitrogens with one attached hydrogen (secondary N) is 1. The maximum Gasteiger partial charge on any atom is 0.254 e. The summed E-state index contributed by atoms with van der Waals surface area (Å²) in [5.41, 5.74) is 0.654. The molecule has 0 fully saturated rings. The van der Waals surface area contributed by atoms with Crippen molar-refractivity contribution in [3.63, 3.8) is 0 Å². The summed E-state index contributed by atoms with van der Waals surface area (Å²) < 4.78 is 0. The highest BCUT2D eigenvalue weighted by atomic mass is 16.2. The van der Waals surface area contributed by atoms with Crippen LogP contribution in [-0.4, -0.2) is 11.8 Å². The van der Waals surface area contributed by atoms with Gasteiger partial charge < -0.3 is 0 Å². The van der Waals surface area contributed by atoms with Gasteiger partial charge in [0.05, 0.1) is 0 Å². The molecule has 1 aliphatic rings. The van der Waals surface area contributed by atoms with Gasteiger partial charge in [0.1, 0.15) is 0 Å². The van der Waals surface area contributed by atoms with Crippen LogP contribution in [0.2, 0.25) is 0 Å². The summed E-state index contributed by atoms with van der Waals surface area (Å²) in [7, 11) is 0. The predicted octanol–water partition coefficient (Wildman–Crippen LogP) is 3.10. The van der Waals surface area contributed by atoms with Gasteiger partial charge in [0.2, 0.25) is 0 Å². The number of rotatable bonds is 9. The monoisotopic (exact) mass is 237 g/mol. The topological polar surface area (TPSA) is 46.2 Å². The molecule has 0 unspecified atom stereocenters. The Morgan fingerprint density at radius 1 is 0.941 bits per heavy atom. The molecule has 1 rings (SSSR count). The molecule has 3 nitrogen and oxygen atoms in total. The van der Waals surface area contributed by atoms with Gasteiger partial charge in [0.25, 0.3) is 11.8 Å². The van der Waals surface area contributed by atoms with Gasteiger partial charge in [-0.05, 0) is 12.8 Å². The summed E-state index contributed by atoms with van der Waals surface area (Å²) in [4.78, 5) is 22.1. The molecular formula is C14H23NO2. The number of carbonyl (C=O) groups excluding carboxylic acids is 2. The molecule has 1 N–H and O–H groups in total. The number of amides is 2. The Morgan fingerprint density at radius 2 is 1.53 bits per heavy atom. The lowest BCUT2D eigenvalue weighted by molar-refractivity contribution is -0.123. The van der Waals surface area contributed by atoms with Crippen molar-refractivity contribution in [2.24, 2.45) is 0 Å². The van der Waals surface area contributed by atoms with E-state index < -0.39 is 0 Å². The molecule has 0 aliphatic carbocycles. The Kier molecular flexibility index (Phi) is 6.60. The van der Waals surface area contributed by atoms with Crippen molar-refractivity contribution in [1.82, 2.24) is 5.32 Å². The molecule has 3 heteroatoms. The first-order valence-electron chi connectivity index (χ1n) is 6.80. The molecule has 0 atom stereocenters. The van der Waals surface area contributed by atoms with Crippen molar-refractivity contribution < 1.29 is 9.59 Å². The Labute approximate surface area is 104 Å². The highest BCUT2D eigenvalue weighted by Gasteiger charge is 2.19. The first kappa shape index (κ1) is 13.9. The molecular weight excluding hydrogens is 214 g/mol. The van der Waals surface area contributed by atoms with Crippen molar-refractivity contribution in [1.29, 1.82) is 0 Å². The van der Waals surface area contributed by atoms with Gasteiger partial charge in [-0.15, -0.1) is 0 Å². The molecule has 1 heterocycles. The molecule has 0 aromatic heterocycles. The van der Waals surface area contributed by atoms with E-state index in [1.807, 2.05) is 0 Å². The molecule has 0 aromatic carbocycles. The molecule has 0 saturated heterocycles. The van der Waals surface area contributed by atoms with Crippen molar-refractivity contribution in [2.45, 2.75) is 64.7 Å². The summed E-state index contributed by atoms with van der Waals surface area (Å²) in [5, 5.41) is 2.27. The molecule has 0 bridgehead atoms. The molecule has 17 heavy (non-hydrogen) atoms. The van der Waals surface area contributed by atoms with Crippen LogP contribution in [-0.2, 0) is 9.59 Å². The highest BCUT2D eigenvalue weighted by Crippen LogP contribution is 2.14. The predicted molar refractivity (Wildman–Crippen MR) is 68.5 cm³/mol. The number of imide groups is 1. The summed E-state index contributed by atoms with van der Waals surface area (Å²) >= 11 is 0. The fourth-order valence-electron chi connectivity index (χ4n) is 2.09. The highest BCUT2D eigenvalue weighted by molar-refractivity contribution is 6.16. The maximum atomic E-state index is 11.2. The number of hydrogen-bond acceptors (Lipinski definition) is 2. The van der Waals surface area contributed by atoms with E-state index >= 15 is 0 Å². The lowest BCUT2D eigenvalue weighted by atomic mass is 10.0. The quantitative estimate of drug-likeness (QED) is 0.495. The van der Waals surface area contributed by atoms with E-state index in [0.717, 1.165) is 19.3 Å². The standard InChI is InChI=1S/C14H23NO2/c1-2-3-4-5-6-7-8-9-10-12-11-13(16)15-14(12)17/h11H,2-10H2,1H3,(H,15,16,17). The Morgan fingerprint density at radius 3 is 2.06 bits per heavy atom. The molecule has 0 spiro atoms. The van der Waals surface area contributed by atoms with Crippen LogP contribution in [0.1, 0.15) is 64.7 Å². The van der Waals surface area contributed by atoms with E-state index in [2.05, 4.69) is 12.2 Å². The SMILES string of the molecule is CCCCCCCCCCC1=CC(=O)NC1=O. The number of hydrogen-bond donors (Lipinski definition) is 1. The van der Waals surface area contributed by atoms with Gasteiger partial charge in [-0.2, -0.15) is 0 Å². The Hall–Kier alpha value is -1.12. The van der Waals surface area contributed by atoms with Gasteiger partial charge in [-0.1, -0.05) is 51.9 Å². The van der Waals surface area contributed by atoms with E-state index in [-0.39, 0.29) is 11.8 Å². The molecule has 0 saturated carbocycles. The molecule has 2 amide bonds.